The second kappa shape index (κ2) is 11.9. The normalized spacial score (nSPS) is 16.7. The molecule has 2 aromatic carbocycles. The quantitative estimate of drug-likeness (QED) is 0.492. The second-order valence-corrected chi connectivity index (χ2v) is 8.43. The van der Waals surface area contributed by atoms with Crippen molar-refractivity contribution < 1.29 is 38.7 Å². The summed E-state index contributed by atoms with van der Waals surface area (Å²) in [4.78, 5) is 11.4. The van der Waals surface area contributed by atoms with Gasteiger partial charge in [-0.2, -0.15) is 0 Å². The predicted molar refractivity (Wildman–Crippen MR) is 129 cm³/mol. The van der Waals surface area contributed by atoms with Gasteiger partial charge in [0, 0.05) is 6.42 Å². The largest absolute Gasteiger partial charge is 0.491 e. The van der Waals surface area contributed by atoms with E-state index in [1.54, 1.807) is 25.1 Å². The molecular weight excluding hydrogens is 438 g/mol. The number of carbonyl (C=O) groups is 1. The molecule has 0 amide bonds. The Bertz CT molecular complexity index is 985. The van der Waals surface area contributed by atoms with Gasteiger partial charge >= 0.3 is 14.2 Å². The van der Waals surface area contributed by atoms with Gasteiger partial charge in [0.15, 0.2) is 11.9 Å². The van der Waals surface area contributed by atoms with E-state index in [1.165, 1.54) is 0 Å². The summed E-state index contributed by atoms with van der Waals surface area (Å²) < 4.78 is 21.3. The number of ketones is 1. The van der Waals surface area contributed by atoms with E-state index in [-0.39, 0.29) is 11.9 Å². The average molecular weight is 470 g/mol. The monoisotopic (exact) mass is 470 g/mol. The highest BCUT2D eigenvalue weighted by Gasteiger charge is 2.29. The third-order valence-electron chi connectivity index (χ3n) is 5.96. The van der Waals surface area contributed by atoms with Crippen LogP contribution in [0.15, 0.2) is 36.4 Å². The van der Waals surface area contributed by atoms with Crippen LogP contribution in [0.3, 0.4) is 0 Å². The summed E-state index contributed by atoms with van der Waals surface area (Å²) >= 11 is 0. The van der Waals surface area contributed by atoms with Gasteiger partial charge in [0.1, 0.15) is 17.6 Å². The fourth-order valence-electron chi connectivity index (χ4n) is 3.71. The highest BCUT2D eigenvalue weighted by molar-refractivity contribution is 6.62. The van der Waals surface area contributed by atoms with Crippen molar-refractivity contribution >= 4 is 30.9 Å². The molecule has 8 nitrogen and oxygen atoms in total. The van der Waals surface area contributed by atoms with Crippen molar-refractivity contribution in [3.63, 3.8) is 0 Å². The summed E-state index contributed by atoms with van der Waals surface area (Å²) in [6.45, 7) is 8.12. The number of aliphatic hydroxyl groups is 1. The first-order chi connectivity index (χ1) is 16.2. The molecule has 34 heavy (non-hydrogen) atoms. The van der Waals surface area contributed by atoms with E-state index in [0.29, 0.717) is 37.6 Å². The van der Waals surface area contributed by atoms with Gasteiger partial charge < -0.3 is 33.9 Å². The van der Waals surface area contributed by atoms with Crippen molar-refractivity contribution in [3.05, 3.63) is 47.5 Å². The maximum absolute atomic E-state index is 11.4. The molecule has 2 aliphatic heterocycles. The molecule has 3 N–H and O–H groups in total. The molecule has 0 radical (unpaired) electrons. The van der Waals surface area contributed by atoms with Crippen molar-refractivity contribution in [2.24, 2.45) is 0 Å². The van der Waals surface area contributed by atoms with Crippen LogP contribution in [0, 0.1) is 0 Å². The predicted octanol–water partition coefficient (Wildman–Crippen LogP) is 1.09. The van der Waals surface area contributed by atoms with Gasteiger partial charge in [0.05, 0.1) is 19.3 Å². The second-order valence-electron chi connectivity index (χ2n) is 8.43. The number of rotatable bonds is 8. The first-order valence-corrected chi connectivity index (χ1v) is 11.6. The number of hydrogen-bond donors (Lipinski definition) is 3. The number of aliphatic hydroxyl groups excluding tert-OH is 1. The van der Waals surface area contributed by atoms with E-state index in [0.717, 1.165) is 22.1 Å². The van der Waals surface area contributed by atoms with Crippen LogP contribution >= 0.6 is 0 Å². The molecule has 0 saturated carbocycles. The van der Waals surface area contributed by atoms with E-state index in [9.17, 15) is 19.9 Å². The van der Waals surface area contributed by atoms with Crippen molar-refractivity contribution in [1.29, 1.82) is 0 Å². The minimum Gasteiger partial charge on any atom is -0.488 e. The number of ether oxygens (including phenoxy) is 2. The fourth-order valence-corrected chi connectivity index (χ4v) is 3.71. The van der Waals surface area contributed by atoms with Crippen LogP contribution in [0.2, 0.25) is 0 Å². The maximum atomic E-state index is 11.4. The average Bonchev–Trinajstić information content (AvgIpc) is 3.40. The van der Waals surface area contributed by atoms with Gasteiger partial charge in [-0.05, 0) is 66.6 Å². The topological polar surface area (TPSA) is 115 Å². The zero-order valence-corrected chi connectivity index (χ0v) is 20.1. The van der Waals surface area contributed by atoms with Crippen molar-refractivity contribution in [2.75, 3.05) is 0 Å². The summed E-state index contributed by atoms with van der Waals surface area (Å²) in [5, 5.41) is 28.8. The lowest BCUT2D eigenvalue weighted by Crippen LogP contribution is -2.30. The number of fused-ring (bicyclic) bond motifs is 2. The molecule has 4 rings (SSSR count). The van der Waals surface area contributed by atoms with Gasteiger partial charge in [0.2, 0.25) is 0 Å². The van der Waals surface area contributed by atoms with Crippen LogP contribution in [0.25, 0.3) is 0 Å². The first-order valence-electron chi connectivity index (χ1n) is 11.6. The van der Waals surface area contributed by atoms with Gasteiger partial charge in [-0.3, -0.25) is 4.79 Å². The minimum atomic E-state index is -0.884. The number of carbonyl (C=O) groups excluding carboxylic acids is 1. The smallest absolute Gasteiger partial charge is 0.488 e. The van der Waals surface area contributed by atoms with Crippen LogP contribution < -0.4 is 20.4 Å². The summed E-state index contributed by atoms with van der Waals surface area (Å²) in [5.74, 6) is 1.29. The molecule has 0 saturated heterocycles. The lowest BCUT2D eigenvalue weighted by Gasteiger charge is -2.19. The van der Waals surface area contributed by atoms with Gasteiger partial charge in [-0.25, -0.2) is 0 Å². The van der Waals surface area contributed by atoms with Crippen LogP contribution in [0.1, 0.15) is 51.7 Å². The Morgan fingerprint density at radius 1 is 0.941 bits per heavy atom. The molecule has 0 aromatic heterocycles. The van der Waals surface area contributed by atoms with E-state index >= 15 is 0 Å². The lowest BCUT2D eigenvalue weighted by atomic mass is 9.79. The standard InChI is InChI=1S/C12H17BO4.C12H15BO4/c2*1-3-12(14)8(2)17-10-5-4-9-7-16-13(15)11(9)6-10/h4-6,8,12,14-15H,3,7H2,1-2H3;4-6,8,15H,3,7H2,1-2H3. The molecule has 10 heteroatoms. The molecule has 0 aliphatic carbocycles. The summed E-state index contributed by atoms with van der Waals surface area (Å²) in [5.41, 5.74) is 3.41. The molecule has 3 unspecified atom stereocenters. The molecule has 2 aliphatic rings. The first kappa shape index (κ1) is 26.2. The summed E-state index contributed by atoms with van der Waals surface area (Å²) in [6, 6.07) is 10.9. The molecule has 0 fully saturated rings. The van der Waals surface area contributed by atoms with Gasteiger partial charge in [-0.15, -0.1) is 0 Å². The Labute approximate surface area is 201 Å². The van der Waals surface area contributed by atoms with Crippen LogP contribution in [-0.2, 0) is 27.3 Å². The molecule has 182 valence electrons. The molecular formula is C24H32B2O8. The SMILES string of the molecule is CCC(=O)C(C)Oc1ccc2c(c1)B(O)OC2.CCC(O)C(C)Oc1ccc2c(c1)B(O)OC2. The van der Waals surface area contributed by atoms with Gasteiger partial charge in [-0.1, -0.05) is 26.0 Å². The number of hydrogen-bond acceptors (Lipinski definition) is 8. The molecule has 2 aromatic rings. The maximum Gasteiger partial charge on any atom is 0.491 e. The van der Waals surface area contributed by atoms with Crippen LogP contribution in [-0.4, -0.2) is 53.5 Å². The fraction of sp³-hybridized carbons (Fsp3) is 0.458. The highest BCUT2D eigenvalue weighted by atomic mass is 16.5. The zero-order chi connectivity index (χ0) is 24.8. The van der Waals surface area contributed by atoms with Crippen LogP contribution in [0.5, 0.6) is 11.5 Å². The lowest BCUT2D eigenvalue weighted by molar-refractivity contribution is -0.124. The molecule has 0 bridgehead atoms. The summed E-state index contributed by atoms with van der Waals surface area (Å²) in [6.07, 6.45) is -0.102. The minimum absolute atomic E-state index is 0.0577. The van der Waals surface area contributed by atoms with E-state index in [4.69, 9.17) is 18.8 Å². The van der Waals surface area contributed by atoms with E-state index < -0.39 is 26.4 Å². The molecule has 3 atom stereocenters. The number of benzene rings is 2. The Hall–Kier alpha value is -2.36. The van der Waals surface area contributed by atoms with E-state index in [2.05, 4.69) is 0 Å². The van der Waals surface area contributed by atoms with E-state index in [1.807, 2.05) is 39.0 Å². The van der Waals surface area contributed by atoms with Crippen LogP contribution in [0.4, 0.5) is 0 Å². The molecule has 2 heterocycles. The number of Topliss-reactive ketones (excluding diaryl/α,β-unsaturated/α-hetero) is 1. The Balaban J connectivity index is 0.000000191. The van der Waals surface area contributed by atoms with Gasteiger partial charge in [0.25, 0.3) is 0 Å². The van der Waals surface area contributed by atoms with Crippen molar-refractivity contribution in [3.8, 4) is 11.5 Å². The highest BCUT2D eigenvalue weighted by Crippen LogP contribution is 2.19. The van der Waals surface area contributed by atoms with Crippen molar-refractivity contribution in [2.45, 2.75) is 72.1 Å². The third kappa shape index (κ3) is 6.40. The Kier molecular flexibility index (Phi) is 9.16. The third-order valence-corrected chi connectivity index (χ3v) is 5.96. The Morgan fingerprint density at radius 2 is 1.44 bits per heavy atom. The zero-order valence-electron chi connectivity index (χ0n) is 20.1. The molecule has 0 spiro atoms. The van der Waals surface area contributed by atoms with Crippen molar-refractivity contribution in [1.82, 2.24) is 0 Å². The summed E-state index contributed by atoms with van der Waals surface area (Å²) in [7, 11) is -1.74. The Morgan fingerprint density at radius 3 is 1.91 bits per heavy atom.